The summed E-state index contributed by atoms with van der Waals surface area (Å²) in [5.74, 6) is 0.184. The van der Waals surface area contributed by atoms with Gasteiger partial charge in [0, 0.05) is 43.0 Å². The Morgan fingerprint density at radius 1 is 1.03 bits per heavy atom. The Labute approximate surface area is 182 Å². The van der Waals surface area contributed by atoms with E-state index in [2.05, 4.69) is 45.2 Å². The molecule has 0 radical (unpaired) electrons. The smallest absolute Gasteiger partial charge is 0.228 e. The number of carbonyl (C=O) groups is 1. The molecule has 0 bridgehead atoms. The van der Waals surface area contributed by atoms with E-state index in [1.807, 2.05) is 28.6 Å². The molecule has 0 aliphatic carbocycles. The average molecular weight is 421 g/mol. The predicted octanol–water partition coefficient (Wildman–Crippen LogP) is 3.91. The maximum absolute atomic E-state index is 12.8. The number of aryl methyl sites for hydroxylation is 1. The van der Waals surface area contributed by atoms with E-state index in [0.717, 1.165) is 68.3 Å². The molecule has 156 valence electrons. The van der Waals surface area contributed by atoms with Crippen molar-refractivity contribution in [2.24, 2.45) is 0 Å². The largest absolute Gasteiger partial charge is 0.341 e. The second-order valence-electron chi connectivity index (χ2n) is 7.73. The molecule has 0 N–H and O–H groups in total. The minimum Gasteiger partial charge on any atom is -0.341 e. The van der Waals surface area contributed by atoms with Gasteiger partial charge in [-0.25, -0.2) is 4.98 Å². The van der Waals surface area contributed by atoms with E-state index in [-0.39, 0.29) is 5.91 Å². The van der Waals surface area contributed by atoms with Gasteiger partial charge in [-0.05, 0) is 50.0 Å². The Bertz CT molecular complexity index is 929. The SMILES string of the molecule is O=C(Cc1csc(-c2cccnc2)n1)N1CCCN(CCCc2ccccc2)CC1. The van der Waals surface area contributed by atoms with E-state index in [1.54, 1.807) is 17.5 Å². The minimum absolute atomic E-state index is 0.184. The molecule has 30 heavy (non-hydrogen) atoms. The molecule has 0 spiro atoms. The van der Waals surface area contributed by atoms with Crippen molar-refractivity contribution < 1.29 is 4.79 Å². The van der Waals surface area contributed by atoms with Crippen molar-refractivity contribution in [3.63, 3.8) is 0 Å². The Morgan fingerprint density at radius 2 is 1.93 bits per heavy atom. The van der Waals surface area contributed by atoms with Crippen molar-refractivity contribution >= 4 is 17.2 Å². The lowest BCUT2D eigenvalue weighted by Crippen LogP contribution is -2.36. The summed E-state index contributed by atoms with van der Waals surface area (Å²) in [5, 5.41) is 2.92. The Balaban J connectivity index is 1.24. The molecule has 6 heteroatoms. The number of thiazole rings is 1. The lowest BCUT2D eigenvalue weighted by molar-refractivity contribution is -0.130. The van der Waals surface area contributed by atoms with Crippen LogP contribution in [0.5, 0.6) is 0 Å². The zero-order valence-corrected chi connectivity index (χ0v) is 18.1. The van der Waals surface area contributed by atoms with Gasteiger partial charge in [0.05, 0.1) is 12.1 Å². The zero-order chi connectivity index (χ0) is 20.6. The topological polar surface area (TPSA) is 49.3 Å². The molecule has 0 atom stereocenters. The molecule has 5 nitrogen and oxygen atoms in total. The fraction of sp³-hybridized carbons (Fsp3) is 0.375. The normalized spacial score (nSPS) is 15.1. The van der Waals surface area contributed by atoms with Crippen LogP contribution in [0.25, 0.3) is 10.6 Å². The predicted molar refractivity (Wildman–Crippen MR) is 121 cm³/mol. The first kappa shape index (κ1) is 20.7. The molecular weight excluding hydrogens is 392 g/mol. The van der Waals surface area contributed by atoms with Gasteiger partial charge in [0.1, 0.15) is 5.01 Å². The average Bonchev–Trinajstić information content (AvgIpc) is 3.12. The van der Waals surface area contributed by atoms with Gasteiger partial charge in [0.25, 0.3) is 0 Å². The summed E-state index contributed by atoms with van der Waals surface area (Å²) in [5.41, 5.74) is 3.26. The van der Waals surface area contributed by atoms with Crippen molar-refractivity contribution in [2.75, 3.05) is 32.7 Å². The summed E-state index contributed by atoms with van der Waals surface area (Å²) in [7, 11) is 0. The first-order valence-corrected chi connectivity index (χ1v) is 11.5. The monoisotopic (exact) mass is 420 g/mol. The molecule has 0 unspecified atom stereocenters. The highest BCUT2D eigenvalue weighted by Crippen LogP contribution is 2.23. The van der Waals surface area contributed by atoms with E-state index in [4.69, 9.17) is 0 Å². The first-order valence-electron chi connectivity index (χ1n) is 10.7. The van der Waals surface area contributed by atoms with Gasteiger partial charge in [0.2, 0.25) is 5.91 Å². The van der Waals surface area contributed by atoms with Crippen molar-refractivity contribution in [2.45, 2.75) is 25.7 Å². The van der Waals surface area contributed by atoms with Crippen molar-refractivity contribution in [1.29, 1.82) is 0 Å². The third kappa shape index (κ3) is 5.74. The van der Waals surface area contributed by atoms with Gasteiger partial charge in [0.15, 0.2) is 0 Å². The fourth-order valence-corrected chi connectivity index (χ4v) is 4.68. The van der Waals surface area contributed by atoms with Gasteiger partial charge in [-0.1, -0.05) is 30.3 Å². The molecule has 1 aromatic carbocycles. The summed E-state index contributed by atoms with van der Waals surface area (Å²) in [4.78, 5) is 26.1. The van der Waals surface area contributed by atoms with Crippen LogP contribution >= 0.6 is 11.3 Å². The summed E-state index contributed by atoms with van der Waals surface area (Å²) in [6.45, 7) is 4.77. The van der Waals surface area contributed by atoms with E-state index in [0.29, 0.717) is 6.42 Å². The van der Waals surface area contributed by atoms with Crippen molar-refractivity contribution in [3.8, 4) is 10.6 Å². The van der Waals surface area contributed by atoms with Crippen LogP contribution in [0.2, 0.25) is 0 Å². The second kappa shape index (κ2) is 10.5. The van der Waals surface area contributed by atoms with E-state index in [9.17, 15) is 4.79 Å². The van der Waals surface area contributed by atoms with Crippen molar-refractivity contribution in [1.82, 2.24) is 19.8 Å². The first-order chi connectivity index (χ1) is 14.8. The third-order valence-corrected chi connectivity index (χ3v) is 6.46. The number of hydrogen-bond donors (Lipinski definition) is 0. The van der Waals surface area contributed by atoms with Gasteiger partial charge < -0.3 is 9.80 Å². The number of amides is 1. The molecule has 1 fully saturated rings. The number of rotatable bonds is 7. The quantitative estimate of drug-likeness (QED) is 0.581. The van der Waals surface area contributed by atoms with Crippen LogP contribution in [0, 0.1) is 0 Å². The third-order valence-electron chi connectivity index (χ3n) is 5.52. The van der Waals surface area contributed by atoms with Gasteiger partial charge in [-0.3, -0.25) is 9.78 Å². The van der Waals surface area contributed by atoms with E-state index >= 15 is 0 Å². The standard InChI is InChI=1S/C24H28N4OS/c29-23(17-22-19-30-24(26-22)21-10-4-11-25-18-21)28-14-6-13-27(15-16-28)12-5-9-20-7-2-1-3-8-20/h1-4,7-8,10-11,18-19H,5-6,9,12-17H2. The molecule has 1 amide bonds. The van der Waals surface area contributed by atoms with E-state index in [1.165, 1.54) is 5.56 Å². The Hall–Kier alpha value is -2.57. The highest BCUT2D eigenvalue weighted by molar-refractivity contribution is 7.13. The Kier molecular flexibility index (Phi) is 7.21. The zero-order valence-electron chi connectivity index (χ0n) is 17.2. The maximum Gasteiger partial charge on any atom is 0.228 e. The lowest BCUT2D eigenvalue weighted by atomic mass is 10.1. The molecule has 1 saturated heterocycles. The lowest BCUT2D eigenvalue weighted by Gasteiger charge is -2.22. The summed E-state index contributed by atoms with van der Waals surface area (Å²) in [6.07, 6.45) is 7.26. The Morgan fingerprint density at radius 3 is 2.77 bits per heavy atom. The van der Waals surface area contributed by atoms with E-state index < -0.39 is 0 Å². The number of aromatic nitrogens is 2. The molecule has 3 heterocycles. The number of carbonyl (C=O) groups excluding carboxylic acids is 1. The van der Waals surface area contributed by atoms with Crippen LogP contribution in [0.3, 0.4) is 0 Å². The fourth-order valence-electron chi connectivity index (χ4n) is 3.87. The molecule has 3 aromatic rings. The molecule has 2 aromatic heterocycles. The summed E-state index contributed by atoms with van der Waals surface area (Å²) in [6, 6.07) is 14.6. The van der Waals surface area contributed by atoms with Crippen LogP contribution < -0.4 is 0 Å². The number of pyridine rings is 1. The molecule has 4 rings (SSSR count). The molecule has 1 aliphatic heterocycles. The van der Waals surface area contributed by atoms with Crippen LogP contribution in [-0.2, 0) is 17.6 Å². The van der Waals surface area contributed by atoms with Crippen LogP contribution in [0.15, 0.2) is 60.2 Å². The molecular formula is C24H28N4OS. The van der Waals surface area contributed by atoms with Crippen molar-refractivity contribution in [3.05, 3.63) is 71.5 Å². The summed E-state index contributed by atoms with van der Waals surface area (Å²) < 4.78 is 0. The highest BCUT2D eigenvalue weighted by Gasteiger charge is 2.20. The van der Waals surface area contributed by atoms with Crippen LogP contribution in [0.1, 0.15) is 24.1 Å². The summed E-state index contributed by atoms with van der Waals surface area (Å²) >= 11 is 1.57. The number of benzene rings is 1. The van der Waals surface area contributed by atoms with Gasteiger partial charge in [-0.2, -0.15) is 0 Å². The van der Waals surface area contributed by atoms with Gasteiger partial charge >= 0.3 is 0 Å². The maximum atomic E-state index is 12.8. The van der Waals surface area contributed by atoms with Crippen LogP contribution in [-0.4, -0.2) is 58.4 Å². The van der Waals surface area contributed by atoms with Gasteiger partial charge in [-0.15, -0.1) is 11.3 Å². The highest BCUT2D eigenvalue weighted by atomic mass is 32.1. The van der Waals surface area contributed by atoms with Crippen LogP contribution in [0.4, 0.5) is 0 Å². The molecule has 0 saturated carbocycles. The molecule has 1 aliphatic rings. The second-order valence-corrected chi connectivity index (χ2v) is 8.59. The number of hydrogen-bond acceptors (Lipinski definition) is 5. The number of nitrogens with zero attached hydrogens (tertiary/aromatic N) is 4. The minimum atomic E-state index is 0.184.